The maximum absolute atomic E-state index is 6.19. The van der Waals surface area contributed by atoms with Crippen LogP contribution < -0.4 is 5.32 Å². The zero-order valence-corrected chi connectivity index (χ0v) is 11.2. The Morgan fingerprint density at radius 3 is 2.75 bits per heavy atom. The summed E-state index contributed by atoms with van der Waals surface area (Å²) in [6, 6.07) is 9.47. The average molecular weight is 287 g/mol. The molecule has 0 amide bonds. The third-order valence-electron chi connectivity index (χ3n) is 2.80. The Balaban J connectivity index is 1.80. The third-order valence-corrected chi connectivity index (χ3v) is 3.13. The molecule has 20 heavy (non-hydrogen) atoms. The van der Waals surface area contributed by atoms with Crippen LogP contribution >= 0.6 is 11.6 Å². The summed E-state index contributed by atoms with van der Waals surface area (Å²) in [5, 5.41) is 15.0. The van der Waals surface area contributed by atoms with Gasteiger partial charge in [-0.2, -0.15) is 0 Å². The Hall–Kier alpha value is -2.47. The van der Waals surface area contributed by atoms with Gasteiger partial charge in [0.25, 0.3) is 0 Å². The van der Waals surface area contributed by atoms with E-state index in [0.29, 0.717) is 11.6 Å². The molecule has 1 aromatic carbocycles. The molecular formula is C13H11ClN6. The van der Waals surface area contributed by atoms with E-state index in [9.17, 15) is 0 Å². The van der Waals surface area contributed by atoms with E-state index in [4.69, 9.17) is 11.6 Å². The molecule has 3 rings (SSSR count). The monoisotopic (exact) mass is 286 g/mol. The lowest BCUT2D eigenvalue weighted by Gasteiger charge is -2.10. The van der Waals surface area contributed by atoms with Crippen LogP contribution in [0.1, 0.15) is 5.56 Å². The van der Waals surface area contributed by atoms with Gasteiger partial charge in [-0.3, -0.25) is 4.98 Å². The van der Waals surface area contributed by atoms with Gasteiger partial charge in [-0.25, -0.2) is 4.68 Å². The third kappa shape index (κ3) is 2.75. The Labute approximate surface area is 120 Å². The van der Waals surface area contributed by atoms with Crippen molar-refractivity contribution < 1.29 is 0 Å². The molecule has 3 aromatic rings. The first-order chi connectivity index (χ1) is 9.83. The van der Waals surface area contributed by atoms with Gasteiger partial charge in [-0.1, -0.05) is 11.6 Å². The lowest BCUT2D eigenvalue weighted by Crippen LogP contribution is -2.02. The molecule has 0 aliphatic carbocycles. The molecule has 0 spiro atoms. The van der Waals surface area contributed by atoms with Crippen LogP contribution in [0, 0.1) is 0 Å². The first kappa shape index (κ1) is 12.6. The molecule has 0 aliphatic heterocycles. The summed E-state index contributed by atoms with van der Waals surface area (Å²) in [5.41, 5.74) is 2.80. The second-order valence-corrected chi connectivity index (χ2v) is 4.53. The predicted octanol–water partition coefficient (Wildman–Crippen LogP) is 2.32. The van der Waals surface area contributed by atoms with Crippen molar-refractivity contribution in [3.63, 3.8) is 0 Å². The van der Waals surface area contributed by atoms with Crippen LogP contribution in [-0.2, 0) is 6.54 Å². The number of hydrogen-bond donors (Lipinski definition) is 1. The van der Waals surface area contributed by atoms with E-state index < -0.39 is 0 Å². The number of anilines is 1. The molecule has 0 bridgehead atoms. The van der Waals surface area contributed by atoms with Crippen LogP contribution in [0.2, 0.25) is 5.02 Å². The van der Waals surface area contributed by atoms with Crippen molar-refractivity contribution >= 4 is 17.3 Å². The normalized spacial score (nSPS) is 10.4. The van der Waals surface area contributed by atoms with E-state index in [1.165, 1.54) is 6.33 Å². The summed E-state index contributed by atoms with van der Waals surface area (Å²) in [6.07, 6.45) is 5.06. The second kappa shape index (κ2) is 5.66. The lowest BCUT2D eigenvalue weighted by atomic mass is 10.2. The van der Waals surface area contributed by atoms with Crippen LogP contribution in [-0.4, -0.2) is 25.2 Å². The van der Waals surface area contributed by atoms with Gasteiger partial charge in [0.15, 0.2) is 0 Å². The molecular weight excluding hydrogens is 276 g/mol. The number of benzene rings is 1. The molecule has 0 saturated carbocycles. The lowest BCUT2D eigenvalue weighted by molar-refractivity contribution is 0.789. The van der Waals surface area contributed by atoms with E-state index in [2.05, 4.69) is 25.8 Å². The molecule has 0 fully saturated rings. The predicted molar refractivity (Wildman–Crippen MR) is 75.7 cm³/mol. The van der Waals surface area contributed by atoms with Crippen LogP contribution in [0.3, 0.4) is 0 Å². The highest BCUT2D eigenvalue weighted by Crippen LogP contribution is 2.24. The van der Waals surface area contributed by atoms with Crippen molar-refractivity contribution in [3.8, 4) is 5.69 Å². The van der Waals surface area contributed by atoms with Crippen LogP contribution in [0.5, 0.6) is 0 Å². The van der Waals surface area contributed by atoms with Gasteiger partial charge in [0, 0.05) is 18.9 Å². The highest BCUT2D eigenvalue weighted by molar-refractivity contribution is 6.33. The number of aromatic nitrogens is 5. The first-order valence-corrected chi connectivity index (χ1v) is 6.36. The fourth-order valence-corrected chi connectivity index (χ4v) is 1.95. The van der Waals surface area contributed by atoms with Crippen molar-refractivity contribution in [3.05, 3.63) is 59.6 Å². The standard InChI is InChI=1S/C13H11ClN6/c14-12-2-1-11(20-9-17-18-19-20)7-13(12)16-8-10-3-5-15-6-4-10/h1-7,9,16H,8H2. The highest BCUT2D eigenvalue weighted by Gasteiger charge is 2.04. The Kier molecular flexibility index (Phi) is 3.56. The van der Waals surface area contributed by atoms with E-state index in [0.717, 1.165) is 16.9 Å². The van der Waals surface area contributed by atoms with Gasteiger partial charge >= 0.3 is 0 Å². The number of nitrogens with one attached hydrogen (secondary N) is 1. The van der Waals surface area contributed by atoms with Crippen LogP contribution in [0.4, 0.5) is 5.69 Å². The van der Waals surface area contributed by atoms with E-state index >= 15 is 0 Å². The van der Waals surface area contributed by atoms with Gasteiger partial charge < -0.3 is 5.32 Å². The van der Waals surface area contributed by atoms with Gasteiger partial charge in [-0.15, -0.1) is 5.10 Å². The van der Waals surface area contributed by atoms with Crippen LogP contribution in [0.15, 0.2) is 49.1 Å². The van der Waals surface area contributed by atoms with Crippen molar-refractivity contribution in [2.75, 3.05) is 5.32 Å². The van der Waals surface area contributed by atoms with Gasteiger partial charge in [0.2, 0.25) is 0 Å². The molecule has 2 aromatic heterocycles. The maximum Gasteiger partial charge on any atom is 0.143 e. The van der Waals surface area contributed by atoms with Crippen molar-refractivity contribution in [2.45, 2.75) is 6.54 Å². The van der Waals surface area contributed by atoms with Crippen LogP contribution in [0.25, 0.3) is 5.69 Å². The summed E-state index contributed by atoms with van der Waals surface area (Å²) in [5.74, 6) is 0. The Morgan fingerprint density at radius 2 is 2.00 bits per heavy atom. The van der Waals surface area contributed by atoms with Gasteiger partial charge in [0.1, 0.15) is 6.33 Å². The average Bonchev–Trinajstić information content (AvgIpc) is 3.02. The quantitative estimate of drug-likeness (QED) is 0.797. The Bertz CT molecular complexity index is 683. The zero-order valence-electron chi connectivity index (χ0n) is 10.4. The molecule has 100 valence electrons. The number of halogens is 1. The Morgan fingerprint density at radius 1 is 1.15 bits per heavy atom. The van der Waals surface area contributed by atoms with Crippen molar-refractivity contribution in [2.24, 2.45) is 0 Å². The molecule has 7 heteroatoms. The minimum absolute atomic E-state index is 0.649. The van der Waals surface area contributed by atoms with Gasteiger partial charge in [0.05, 0.1) is 16.4 Å². The summed E-state index contributed by atoms with van der Waals surface area (Å²) in [4.78, 5) is 3.99. The van der Waals surface area contributed by atoms with E-state index in [-0.39, 0.29) is 0 Å². The van der Waals surface area contributed by atoms with E-state index in [1.54, 1.807) is 17.1 Å². The SMILES string of the molecule is Clc1ccc(-n2cnnn2)cc1NCc1ccncc1. The van der Waals surface area contributed by atoms with Crippen molar-refractivity contribution in [1.29, 1.82) is 0 Å². The number of pyridine rings is 1. The summed E-state index contributed by atoms with van der Waals surface area (Å²) in [7, 11) is 0. The molecule has 0 aliphatic rings. The number of rotatable bonds is 4. The highest BCUT2D eigenvalue weighted by atomic mass is 35.5. The topological polar surface area (TPSA) is 68.5 Å². The fraction of sp³-hybridized carbons (Fsp3) is 0.0769. The zero-order chi connectivity index (χ0) is 13.8. The molecule has 0 saturated heterocycles. The smallest absolute Gasteiger partial charge is 0.143 e. The molecule has 6 nitrogen and oxygen atoms in total. The largest absolute Gasteiger partial charge is 0.380 e. The molecule has 0 radical (unpaired) electrons. The van der Waals surface area contributed by atoms with Gasteiger partial charge in [-0.05, 0) is 46.3 Å². The summed E-state index contributed by atoms with van der Waals surface area (Å²) in [6.45, 7) is 0.668. The second-order valence-electron chi connectivity index (χ2n) is 4.13. The van der Waals surface area contributed by atoms with E-state index in [1.807, 2.05) is 30.3 Å². The number of nitrogens with zero attached hydrogens (tertiary/aromatic N) is 5. The summed E-state index contributed by atoms with van der Waals surface area (Å²) >= 11 is 6.19. The summed E-state index contributed by atoms with van der Waals surface area (Å²) < 4.78 is 1.58. The fourth-order valence-electron chi connectivity index (χ4n) is 1.77. The molecule has 0 atom stereocenters. The minimum atomic E-state index is 0.649. The minimum Gasteiger partial charge on any atom is -0.380 e. The molecule has 1 N–H and O–H groups in total. The molecule has 0 unspecified atom stereocenters. The first-order valence-electron chi connectivity index (χ1n) is 5.98. The van der Waals surface area contributed by atoms with Crippen molar-refractivity contribution in [1.82, 2.24) is 25.2 Å². The number of hydrogen-bond acceptors (Lipinski definition) is 5. The number of tetrazole rings is 1. The maximum atomic E-state index is 6.19. The molecule has 2 heterocycles.